The van der Waals surface area contributed by atoms with Crippen molar-refractivity contribution < 1.29 is 9.53 Å². The van der Waals surface area contributed by atoms with E-state index in [0.29, 0.717) is 5.70 Å². The molecule has 0 atom stereocenters. The molecule has 0 spiro atoms. The molecule has 0 aliphatic rings. The Bertz CT molecular complexity index is 554. The van der Waals surface area contributed by atoms with Crippen LogP contribution in [0.5, 0.6) is 5.75 Å². The third-order valence-electron chi connectivity index (χ3n) is 2.53. The molecule has 4 heteroatoms. The van der Waals surface area contributed by atoms with Gasteiger partial charge in [-0.2, -0.15) is 5.10 Å². The first-order valence-corrected chi connectivity index (χ1v) is 5.57. The van der Waals surface area contributed by atoms with Gasteiger partial charge in [0.05, 0.1) is 7.11 Å². The highest BCUT2D eigenvalue weighted by molar-refractivity contribution is 6.18. The lowest BCUT2D eigenvalue weighted by molar-refractivity contribution is -0.112. The van der Waals surface area contributed by atoms with Crippen molar-refractivity contribution in [2.75, 3.05) is 7.11 Å². The smallest absolute Gasteiger partial charge is 0.178 e. The Labute approximate surface area is 106 Å². The Kier molecular flexibility index (Phi) is 3.57. The van der Waals surface area contributed by atoms with Gasteiger partial charge in [-0.05, 0) is 29.8 Å². The van der Waals surface area contributed by atoms with Crippen LogP contribution in [0.25, 0.3) is 11.8 Å². The van der Waals surface area contributed by atoms with Crippen molar-refractivity contribution in [3.63, 3.8) is 0 Å². The van der Waals surface area contributed by atoms with Gasteiger partial charge in [0.2, 0.25) is 0 Å². The van der Waals surface area contributed by atoms with E-state index in [1.165, 1.54) is 6.92 Å². The molecule has 0 aliphatic carbocycles. The van der Waals surface area contributed by atoms with Crippen molar-refractivity contribution in [1.29, 1.82) is 0 Å². The molecule has 4 nitrogen and oxygen atoms in total. The highest BCUT2D eigenvalue weighted by atomic mass is 16.5. The first-order valence-electron chi connectivity index (χ1n) is 5.57. The van der Waals surface area contributed by atoms with E-state index >= 15 is 0 Å². The zero-order chi connectivity index (χ0) is 13.0. The maximum Gasteiger partial charge on any atom is 0.178 e. The first kappa shape index (κ1) is 12.1. The minimum atomic E-state index is -0.0329. The highest BCUT2D eigenvalue weighted by Gasteiger charge is 2.06. The molecule has 0 amide bonds. The van der Waals surface area contributed by atoms with Crippen LogP contribution in [-0.4, -0.2) is 22.7 Å². The van der Waals surface area contributed by atoms with Crippen LogP contribution in [0.4, 0.5) is 0 Å². The van der Waals surface area contributed by atoms with E-state index in [1.807, 2.05) is 24.3 Å². The van der Waals surface area contributed by atoms with Crippen LogP contribution in [0.2, 0.25) is 0 Å². The largest absolute Gasteiger partial charge is 0.497 e. The number of rotatable bonds is 4. The number of methoxy groups -OCH3 is 1. The third-order valence-corrected chi connectivity index (χ3v) is 2.53. The lowest BCUT2D eigenvalue weighted by Crippen LogP contribution is -2.05. The molecule has 0 saturated carbocycles. The highest BCUT2D eigenvalue weighted by Crippen LogP contribution is 2.16. The molecule has 1 aromatic carbocycles. The van der Waals surface area contributed by atoms with Gasteiger partial charge in [-0.25, -0.2) is 4.68 Å². The molecule has 92 valence electrons. The number of hydrogen-bond donors (Lipinski definition) is 0. The molecule has 0 aliphatic heterocycles. The molecule has 0 N–H and O–H groups in total. The topological polar surface area (TPSA) is 44.1 Å². The summed E-state index contributed by atoms with van der Waals surface area (Å²) in [5, 5.41) is 4.07. The Morgan fingerprint density at radius 1 is 1.33 bits per heavy atom. The molecule has 2 aromatic rings. The van der Waals surface area contributed by atoms with Gasteiger partial charge in [0.25, 0.3) is 0 Å². The zero-order valence-corrected chi connectivity index (χ0v) is 10.3. The molecular weight excluding hydrogens is 228 g/mol. The fourth-order valence-electron chi connectivity index (χ4n) is 1.60. The summed E-state index contributed by atoms with van der Waals surface area (Å²) in [5.41, 5.74) is 1.46. The quantitative estimate of drug-likeness (QED) is 0.774. The lowest BCUT2D eigenvalue weighted by Gasteiger charge is -2.04. The van der Waals surface area contributed by atoms with Crippen molar-refractivity contribution in [2.24, 2.45) is 0 Å². The fraction of sp³-hybridized carbons (Fsp3) is 0.143. The van der Waals surface area contributed by atoms with Gasteiger partial charge in [0.1, 0.15) is 11.4 Å². The Hall–Kier alpha value is -2.36. The molecule has 1 aromatic heterocycles. The van der Waals surface area contributed by atoms with Gasteiger partial charge in [-0.3, -0.25) is 4.79 Å². The Morgan fingerprint density at radius 3 is 2.56 bits per heavy atom. The van der Waals surface area contributed by atoms with Crippen LogP contribution in [-0.2, 0) is 4.79 Å². The van der Waals surface area contributed by atoms with Crippen molar-refractivity contribution in [3.8, 4) is 5.75 Å². The summed E-state index contributed by atoms with van der Waals surface area (Å²) in [6.45, 7) is 1.52. The van der Waals surface area contributed by atoms with Crippen molar-refractivity contribution in [2.45, 2.75) is 6.92 Å². The van der Waals surface area contributed by atoms with Crippen LogP contribution >= 0.6 is 0 Å². The Balaban J connectivity index is 2.36. The molecule has 0 saturated heterocycles. The van der Waals surface area contributed by atoms with Crippen LogP contribution in [0.3, 0.4) is 0 Å². The van der Waals surface area contributed by atoms with Crippen molar-refractivity contribution in [3.05, 3.63) is 48.3 Å². The van der Waals surface area contributed by atoms with E-state index in [0.717, 1.165) is 11.3 Å². The first-order chi connectivity index (χ1) is 8.70. The number of carbonyl (C=O) groups is 1. The van der Waals surface area contributed by atoms with Gasteiger partial charge in [-0.1, -0.05) is 12.1 Å². The standard InChI is InChI=1S/C14H14N2O2/c1-11(17)14(16-9-3-8-15-16)10-12-4-6-13(18-2)7-5-12/h3-10H,1-2H3/b14-10-. The number of ketones is 1. The minimum Gasteiger partial charge on any atom is -0.497 e. The maximum atomic E-state index is 11.6. The second-order valence-corrected chi connectivity index (χ2v) is 3.81. The average molecular weight is 242 g/mol. The molecule has 0 fully saturated rings. The van der Waals surface area contributed by atoms with Crippen LogP contribution < -0.4 is 4.74 Å². The van der Waals surface area contributed by atoms with E-state index < -0.39 is 0 Å². The van der Waals surface area contributed by atoms with Crippen LogP contribution in [0.15, 0.2) is 42.7 Å². The van der Waals surface area contributed by atoms with Gasteiger partial charge in [-0.15, -0.1) is 0 Å². The average Bonchev–Trinajstić information content (AvgIpc) is 2.90. The van der Waals surface area contributed by atoms with E-state index in [2.05, 4.69) is 5.10 Å². The summed E-state index contributed by atoms with van der Waals surface area (Å²) >= 11 is 0. The number of ether oxygens (including phenoxy) is 1. The molecule has 1 heterocycles. The SMILES string of the molecule is COc1ccc(/C=C(/C(C)=O)n2cccn2)cc1. The van der Waals surface area contributed by atoms with E-state index in [-0.39, 0.29) is 5.78 Å². The minimum absolute atomic E-state index is 0.0329. The predicted molar refractivity (Wildman–Crippen MR) is 70.1 cm³/mol. The van der Waals surface area contributed by atoms with Crippen LogP contribution in [0, 0.1) is 0 Å². The van der Waals surface area contributed by atoms with Crippen molar-refractivity contribution >= 4 is 17.6 Å². The molecule has 0 radical (unpaired) electrons. The second kappa shape index (κ2) is 5.31. The second-order valence-electron chi connectivity index (χ2n) is 3.81. The van der Waals surface area contributed by atoms with Gasteiger partial charge in [0, 0.05) is 19.3 Å². The summed E-state index contributed by atoms with van der Waals surface area (Å²) < 4.78 is 6.65. The summed E-state index contributed by atoms with van der Waals surface area (Å²) in [6.07, 6.45) is 5.19. The molecule has 0 bridgehead atoms. The Morgan fingerprint density at radius 2 is 2.06 bits per heavy atom. The summed E-state index contributed by atoms with van der Waals surface area (Å²) in [6, 6.07) is 9.28. The van der Waals surface area contributed by atoms with Gasteiger partial charge < -0.3 is 4.74 Å². The number of Topliss-reactive ketones (excluding diaryl/α,β-unsaturated/α-hetero) is 1. The zero-order valence-electron chi connectivity index (χ0n) is 10.3. The summed E-state index contributed by atoms with van der Waals surface area (Å²) in [7, 11) is 1.62. The maximum absolute atomic E-state index is 11.6. The fourth-order valence-corrected chi connectivity index (χ4v) is 1.60. The summed E-state index contributed by atoms with van der Waals surface area (Å²) in [5.74, 6) is 0.755. The van der Waals surface area contributed by atoms with E-state index in [4.69, 9.17) is 4.74 Å². The molecule has 0 unspecified atom stereocenters. The summed E-state index contributed by atoms with van der Waals surface area (Å²) in [4.78, 5) is 11.6. The van der Waals surface area contributed by atoms with Gasteiger partial charge >= 0.3 is 0 Å². The molecular formula is C14H14N2O2. The number of benzene rings is 1. The van der Waals surface area contributed by atoms with Crippen molar-refractivity contribution in [1.82, 2.24) is 9.78 Å². The van der Waals surface area contributed by atoms with Crippen LogP contribution in [0.1, 0.15) is 12.5 Å². The van der Waals surface area contributed by atoms with Gasteiger partial charge in [0.15, 0.2) is 5.78 Å². The number of nitrogens with zero attached hydrogens (tertiary/aromatic N) is 2. The number of aromatic nitrogens is 2. The third kappa shape index (κ3) is 2.66. The number of carbonyl (C=O) groups excluding carboxylic acids is 1. The molecule has 18 heavy (non-hydrogen) atoms. The van der Waals surface area contributed by atoms with E-state index in [1.54, 1.807) is 36.3 Å². The normalized spacial score (nSPS) is 11.3. The predicted octanol–water partition coefficient (Wildman–Crippen LogP) is 2.48. The lowest BCUT2D eigenvalue weighted by atomic mass is 10.1. The monoisotopic (exact) mass is 242 g/mol. The van der Waals surface area contributed by atoms with E-state index in [9.17, 15) is 4.79 Å². The number of hydrogen-bond acceptors (Lipinski definition) is 3. The number of allylic oxidation sites excluding steroid dienone is 1. The molecule has 2 rings (SSSR count).